The molecule has 0 unspecified atom stereocenters. The van der Waals surface area contributed by atoms with E-state index in [1.165, 1.54) is 10.6 Å². The highest BCUT2D eigenvalue weighted by molar-refractivity contribution is 5.87. The Morgan fingerprint density at radius 3 is 2.64 bits per heavy atom. The quantitative estimate of drug-likeness (QED) is 0.519. The van der Waals surface area contributed by atoms with Crippen LogP contribution in [-0.2, 0) is 6.18 Å². The van der Waals surface area contributed by atoms with Crippen LogP contribution in [0.3, 0.4) is 0 Å². The summed E-state index contributed by atoms with van der Waals surface area (Å²) in [7, 11) is 0. The number of rotatable bonds is 2. The molecule has 0 radical (unpaired) electrons. The topological polar surface area (TPSA) is 113 Å². The highest BCUT2D eigenvalue weighted by Gasteiger charge is 2.35. The van der Waals surface area contributed by atoms with Crippen molar-refractivity contribution in [1.29, 1.82) is 0 Å². The molecule has 0 aliphatic carbocycles. The van der Waals surface area contributed by atoms with Gasteiger partial charge in [0.2, 0.25) is 5.65 Å². The molecule has 1 aliphatic heterocycles. The Kier molecular flexibility index (Phi) is 3.65. The first-order chi connectivity index (χ1) is 13.5. The number of nitrogens with zero attached hydrogens (tertiary/aromatic N) is 8. The first kappa shape index (κ1) is 16.8. The van der Waals surface area contributed by atoms with Gasteiger partial charge in [0, 0.05) is 31.7 Å². The van der Waals surface area contributed by atoms with Crippen molar-refractivity contribution in [3.8, 4) is 11.4 Å². The Morgan fingerprint density at radius 1 is 1.11 bits per heavy atom. The average molecular weight is 390 g/mol. The number of H-pyrrole nitrogens is 1. The van der Waals surface area contributed by atoms with E-state index >= 15 is 0 Å². The molecule has 0 spiro atoms. The van der Waals surface area contributed by atoms with Gasteiger partial charge in [0.25, 0.3) is 0 Å². The van der Waals surface area contributed by atoms with Gasteiger partial charge in [-0.2, -0.15) is 22.8 Å². The standard InChI is InChI=1S/C15H13F3N10/c16-15(17,18)9-6-10-11(5-8(9)12-20-7-21-23-12)28-14(24-25-26-28)13(22-10)27-3-1-19-2-4-27/h5-7,19H,1-4H2,(H,20,21,23). The Bertz CT molecular complexity index is 1140. The smallest absolute Gasteiger partial charge is 0.351 e. The van der Waals surface area contributed by atoms with Crippen LogP contribution in [-0.4, -0.2) is 66.4 Å². The molecule has 2 N–H and O–H groups in total. The van der Waals surface area contributed by atoms with Crippen molar-refractivity contribution in [3.05, 3.63) is 24.0 Å². The molecule has 4 heterocycles. The van der Waals surface area contributed by atoms with E-state index in [1.807, 2.05) is 4.90 Å². The van der Waals surface area contributed by atoms with Crippen molar-refractivity contribution in [3.63, 3.8) is 0 Å². The molecule has 144 valence electrons. The lowest BCUT2D eigenvalue weighted by molar-refractivity contribution is -0.137. The van der Waals surface area contributed by atoms with Crippen molar-refractivity contribution >= 4 is 22.5 Å². The number of aromatic amines is 1. The van der Waals surface area contributed by atoms with Crippen LogP contribution in [0.4, 0.5) is 19.0 Å². The molecule has 28 heavy (non-hydrogen) atoms. The summed E-state index contributed by atoms with van der Waals surface area (Å²) in [5.41, 5.74) is -0.131. The van der Waals surface area contributed by atoms with Gasteiger partial charge in [-0.05, 0) is 22.6 Å². The third-order valence-corrected chi connectivity index (χ3v) is 4.63. The maximum atomic E-state index is 13.7. The molecule has 1 saturated heterocycles. The molecule has 10 nitrogen and oxygen atoms in total. The molecule has 1 aromatic carbocycles. The number of halogens is 3. The molecule has 5 rings (SSSR count). The summed E-state index contributed by atoms with van der Waals surface area (Å²) in [6.45, 7) is 2.80. The summed E-state index contributed by atoms with van der Waals surface area (Å²) in [5, 5.41) is 21.0. The highest BCUT2D eigenvalue weighted by Crippen LogP contribution is 2.38. The van der Waals surface area contributed by atoms with Crippen LogP contribution in [0.15, 0.2) is 18.5 Å². The van der Waals surface area contributed by atoms with E-state index in [-0.39, 0.29) is 16.9 Å². The molecule has 0 saturated carbocycles. The zero-order valence-electron chi connectivity index (χ0n) is 14.3. The number of fused-ring (bicyclic) bond motifs is 3. The summed E-state index contributed by atoms with van der Waals surface area (Å²) >= 11 is 0. The van der Waals surface area contributed by atoms with E-state index in [0.29, 0.717) is 30.1 Å². The summed E-state index contributed by atoms with van der Waals surface area (Å²) in [5.74, 6) is 0.459. The number of tetrazole rings is 1. The number of nitrogens with one attached hydrogen (secondary N) is 2. The van der Waals surface area contributed by atoms with Crippen LogP contribution in [0.25, 0.3) is 28.1 Å². The summed E-state index contributed by atoms with van der Waals surface area (Å²) in [4.78, 5) is 10.3. The van der Waals surface area contributed by atoms with Crippen LogP contribution in [0.5, 0.6) is 0 Å². The van der Waals surface area contributed by atoms with Crippen LogP contribution in [0.1, 0.15) is 5.56 Å². The van der Waals surface area contributed by atoms with Gasteiger partial charge < -0.3 is 10.2 Å². The zero-order chi connectivity index (χ0) is 19.3. The van der Waals surface area contributed by atoms with E-state index in [1.54, 1.807) is 0 Å². The molecule has 3 aromatic heterocycles. The van der Waals surface area contributed by atoms with Crippen LogP contribution >= 0.6 is 0 Å². The average Bonchev–Trinajstić information content (AvgIpc) is 3.38. The molecule has 13 heteroatoms. The summed E-state index contributed by atoms with van der Waals surface area (Å²) in [6, 6.07) is 2.33. The molecule has 0 atom stereocenters. The van der Waals surface area contributed by atoms with Crippen molar-refractivity contribution in [2.45, 2.75) is 6.18 Å². The minimum absolute atomic E-state index is 0.00151. The lowest BCUT2D eigenvalue weighted by Crippen LogP contribution is -2.44. The van der Waals surface area contributed by atoms with Crippen LogP contribution in [0.2, 0.25) is 0 Å². The normalized spacial score (nSPS) is 15.6. The Hall–Kier alpha value is -3.35. The molecule has 1 fully saturated rings. The van der Waals surface area contributed by atoms with E-state index in [9.17, 15) is 13.2 Å². The van der Waals surface area contributed by atoms with Gasteiger partial charge in [-0.3, -0.25) is 5.10 Å². The second kappa shape index (κ2) is 6.09. The number of alkyl halides is 3. The first-order valence-corrected chi connectivity index (χ1v) is 8.47. The number of piperazine rings is 1. The lowest BCUT2D eigenvalue weighted by atomic mass is 10.0. The van der Waals surface area contributed by atoms with Crippen molar-refractivity contribution in [1.82, 2.24) is 45.5 Å². The largest absolute Gasteiger partial charge is 0.417 e. The van der Waals surface area contributed by atoms with Crippen molar-refractivity contribution in [2.24, 2.45) is 0 Å². The molecule has 4 aromatic rings. The highest BCUT2D eigenvalue weighted by atomic mass is 19.4. The second-order valence-electron chi connectivity index (χ2n) is 6.31. The summed E-state index contributed by atoms with van der Waals surface area (Å²) in [6.07, 6.45) is -3.44. The number of hydrogen-bond donors (Lipinski definition) is 2. The van der Waals surface area contributed by atoms with Gasteiger partial charge in [-0.15, -0.1) is 5.10 Å². The molecular formula is C15H13F3N10. The fraction of sp³-hybridized carbons (Fsp3) is 0.333. The summed E-state index contributed by atoms with van der Waals surface area (Å²) < 4.78 is 42.6. The zero-order valence-corrected chi connectivity index (χ0v) is 14.3. The number of hydrogen-bond acceptors (Lipinski definition) is 8. The first-order valence-electron chi connectivity index (χ1n) is 8.47. The van der Waals surface area contributed by atoms with Crippen molar-refractivity contribution < 1.29 is 13.2 Å². The fourth-order valence-corrected chi connectivity index (χ4v) is 3.34. The third-order valence-electron chi connectivity index (χ3n) is 4.63. The predicted molar refractivity (Wildman–Crippen MR) is 91.5 cm³/mol. The number of benzene rings is 1. The van der Waals surface area contributed by atoms with Crippen LogP contribution in [0, 0.1) is 0 Å². The third kappa shape index (κ3) is 2.62. The van der Waals surface area contributed by atoms with Gasteiger partial charge in [-0.1, -0.05) is 0 Å². The molecule has 1 aliphatic rings. The Balaban J connectivity index is 1.80. The molecule has 0 bridgehead atoms. The minimum Gasteiger partial charge on any atom is -0.351 e. The maximum Gasteiger partial charge on any atom is 0.417 e. The fourth-order valence-electron chi connectivity index (χ4n) is 3.34. The van der Waals surface area contributed by atoms with Crippen LogP contribution < -0.4 is 10.2 Å². The number of aromatic nitrogens is 8. The lowest BCUT2D eigenvalue weighted by Gasteiger charge is -2.28. The predicted octanol–water partition coefficient (Wildman–Crippen LogP) is 0.886. The van der Waals surface area contributed by atoms with Gasteiger partial charge in [-0.25, -0.2) is 9.97 Å². The minimum atomic E-state index is -4.59. The van der Waals surface area contributed by atoms with Crippen molar-refractivity contribution in [2.75, 3.05) is 31.1 Å². The van der Waals surface area contributed by atoms with E-state index in [2.05, 4.69) is 41.0 Å². The second-order valence-corrected chi connectivity index (χ2v) is 6.31. The van der Waals surface area contributed by atoms with E-state index < -0.39 is 11.7 Å². The van der Waals surface area contributed by atoms with Gasteiger partial charge in [0.1, 0.15) is 6.33 Å². The van der Waals surface area contributed by atoms with Gasteiger partial charge in [0.15, 0.2) is 11.6 Å². The van der Waals surface area contributed by atoms with Gasteiger partial charge in [0.05, 0.1) is 16.6 Å². The molecular weight excluding hydrogens is 377 g/mol. The van der Waals surface area contributed by atoms with E-state index in [4.69, 9.17) is 0 Å². The Morgan fingerprint density at radius 2 is 1.93 bits per heavy atom. The Labute approximate surface area is 154 Å². The maximum absolute atomic E-state index is 13.7. The molecule has 0 amide bonds. The monoisotopic (exact) mass is 390 g/mol. The van der Waals surface area contributed by atoms with E-state index in [0.717, 1.165) is 25.5 Å². The SMILES string of the molecule is FC(F)(F)c1cc2nc(N3CCNCC3)c3nnnn3c2cc1-c1ncn[nH]1. The number of anilines is 1. The van der Waals surface area contributed by atoms with Gasteiger partial charge >= 0.3 is 6.18 Å².